The lowest BCUT2D eigenvalue weighted by Crippen LogP contribution is -2.27. The van der Waals surface area contributed by atoms with Crippen LogP contribution in [0.25, 0.3) is 22.2 Å². The van der Waals surface area contributed by atoms with E-state index in [1.807, 2.05) is 37.1 Å². The first kappa shape index (κ1) is 15.1. The number of fused-ring (bicyclic) bond motifs is 1. The number of hydrogen-bond acceptors (Lipinski definition) is 3. The Bertz CT molecular complexity index is 930. The molecule has 0 saturated heterocycles. The molecule has 0 aliphatic heterocycles. The minimum atomic E-state index is -1.46. The van der Waals surface area contributed by atoms with Crippen molar-refractivity contribution in [2.75, 3.05) is 0 Å². The number of aromatic nitrogens is 4. The fourth-order valence-corrected chi connectivity index (χ4v) is 3.51. The van der Waals surface area contributed by atoms with Gasteiger partial charge in [-0.2, -0.15) is 5.10 Å². The van der Waals surface area contributed by atoms with Gasteiger partial charge in [0.1, 0.15) is 17.1 Å². The first-order valence-electron chi connectivity index (χ1n) is 8.11. The molecule has 0 N–H and O–H groups in total. The Morgan fingerprint density at radius 3 is 2.58 bits per heavy atom. The van der Waals surface area contributed by atoms with Crippen LogP contribution in [0.5, 0.6) is 0 Å². The van der Waals surface area contributed by atoms with Crippen molar-refractivity contribution in [1.29, 1.82) is 0 Å². The Morgan fingerprint density at radius 1 is 1.17 bits per heavy atom. The van der Waals surface area contributed by atoms with Crippen LogP contribution in [0, 0.1) is 0 Å². The average molecular weight is 326 g/mol. The number of ketones is 1. The van der Waals surface area contributed by atoms with Crippen molar-refractivity contribution in [2.45, 2.75) is 31.4 Å². The molecule has 4 rings (SSSR count). The summed E-state index contributed by atoms with van der Waals surface area (Å²) >= 11 is 0. The van der Waals surface area contributed by atoms with Gasteiger partial charge >= 0.3 is 0 Å². The van der Waals surface area contributed by atoms with Gasteiger partial charge in [-0.15, -0.1) is 0 Å². The number of hydrogen-bond donors (Lipinski definition) is 0. The monoisotopic (exact) mass is 326 g/mol. The Morgan fingerprint density at radius 2 is 1.92 bits per heavy atom. The molecule has 5 nitrogen and oxygen atoms in total. The van der Waals surface area contributed by atoms with Gasteiger partial charge < -0.3 is 4.57 Å². The van der Waals surface area contributed by atoms with Crippen molar-refractivity contribution in [3.63, 3.8) is 0 Å². The van der Waals surface area contributed by atoms with Crippen molar-refractivity contribution in [1.82, 2.24) is 19.3 Å². The highest BCUT2D eigenvalue weighted by molar-refractivity contribution is 5.94. The van der Waals surface area contributed by atoms with Crippen LogP contribution in [0.1, 0.15) is 31.2 Å². The van der Waals surface area contributed by atoms with Gasteiger partial charge in [0.05, 0.1) is 6.20 Å². The van der Waals surface area contributed by atoms with Crippen molar-refractivity contribution < 1.29 is 9.18 Å². The molecule has 1 aliphatic carbocycles. The largest absolute Gasteiger partial charge is 0.335 e. The zero-order valence-electron chi connectivity index (χ0n) is 13.8. The smallest absolute Gasteiger partial charge is 0.140 e. The number of alkyl halides is 1. The summed E-state index contributed by atoms with van der Waals surface area (Å²) in [6.07, 6.45) is 8.44. The zero-order valence-corrected chi connectivity index (χ0v) is 13.8. The third-order valence-electron chi connectivity index (χ3n) is 4.95. The number of Topliss-reactive ketones (excluding diaryl/α,β-unsaturated/α-hetero) is 1. The lowest BCUT2D eigenvalue weighted by molar-refractivity contribution is -0.123. The molecular weight excluding hydrogens is 307 g/mol. The fraction of sp³-hybridized carbons (Fsp3) is 0.389. The van der Waals surface area contributed by atoms with Gasteiger partial charge in [0.2, 0.25) is 0 Å². The van der Waals surface area contributed by atoms with Crippen LogP contribution in [-0.2, 0) is 24.6 Å². The van der Waals surface area contributed by atoms with Gasteiger partial charge in [0.25, 0.3) is 0 Å². The van der Waals surface area contributed by atoms with Gasteiger partial charge in [-0.1, -0.05) is 0 Å². The van der Waals surface area contributed by atoms with Crippen LogP contribution >= 0.6 is 0 Å². The van der Waals surface area contributed by atoms with Crippen LogP contribution in [0.3, 0.4) is 0 Å². The van der Waals surface area contributed by atoms with E-state index in [4.69, 9.17) is 0 Å². The predicted octanol–water partition coefficient (Wildman–Crippen LogP) is 3.28. The maximum absolute atomic E-state index is 15.3. The minimum absolute atomic E-state index is 0.146. The standard InChI is InChI=1S/C18H19FN4O/c1-22-11-16(12-8-21-23(2)10-12)15-7-13(9-20-17(15)22)18(19)5-3-14(24)4-6-18/h7-11H,3-6H2,1-2H3. The molecule has 24 heavy (non-hydrogen) atoms. The molecule has 6 heteroatoms. The van der Waals surface area contributed by atoms with Crippen LogP contribution in [0.4, 0.5) is 4.39 Å². The molecule has 3 aromatic rings. The van der Waals surface area contributed by atoms with E-state index in [1.165, 1.54) is 0 Å². The first-order valence-corrected chi connectivity index (χ1v) is 8.11. The van der Waals surface area contributed by atoms with E-state index in [-0.39, 0.29) is 18.6 Å². The Hall–Kier alpha value is -2.50. The van der Waals surface area contributed by atoms with Crippen molar-refractivity contribution >= 4 is 16.8 Å². The molecule has 3 heterocycles. The Labute approximate surface area is 139 Å². The predicted molar refractivity (Wildman–Crippen MR) is 89.2 cm³/mol. The average Bonchev–Trinajstić information content (AvgIpc) is 3.14. The number of pyridine rings is 1. The number of carbonyl (C=O) groups excluding carboxylic acids is 1. The second-order valence-corrected chi connectivity index (χ2v) is 6.66. The molecule has 124 valence electrons. The van der Waals surface area contributed by atoms with Crippen LogP contribution in [0.2, 0.25) is 0 Å². The molecular formula is C18H19FN4O. The summed E-state index contributed by atoms with van der Waals surface area (Å²) in [7, 11) is 3.80. The lowest BCUT2D eigenvalue weighted by atomic mass is 9.81. The second kappa shape index (κ2) is 5.26. The maximum Gasteiger partial charge on any atom is 0.140 e. The molecule has 0 spiro atoms. The van der Waals surface area contributed by atoms with E-state index in [9.17, 15) is 4.79 Å². The number of carbonyl (C=O) groups is 1. The topological polar surface area (TPSA) is 52.7 Å². The Balaban J connectivity index is 1.84. The highest BCUT2D eigenvalue weighted by Crippen LogP contribution is 2.41. The quantitative estimate of drug-likeness (QED) is 0.726. The third kappa shape index (κ3) is 2.33. The molecule has 1 fully saturated rings. The molecule has 0 unspecified atom stereocenters. The van der Waals surface area contributed by atoms with Gasteiger partial charge in [-0.05, 0) is 18.9 Å². The van der Waals surface area contributed by atoms with Crippen molar-refractivity contribution in [3.8, 4) is 11.1 Å². The maximum atomic E-state index is 15.3. The summed E-state index contributed by atoms with van der Waals surface area (Å²) in [6, 6.07) is 1.89. The zero-order chi connectivity index (χ0) is 16.9. The van der Waals surface area contributed by atoms with E-state index < -0.39 is 5.67 Å². The van der Waals surface area contributed by atoms with Gasteiger partial charge in [0.15, 0.2) is 0 Å². The highest BCUT2D eigenvalue weighted by Gasteiger charge is 2.37. The van der Waals surface area contributed by atoms with E-state index in [0.29, 0.717) is 18.4 Å². The van der Waals surface area contributed by atoms with E-state index in [1.54, 1.807) is 17.1 Å². The molecule has 3 aromatic heterocycles. The summed E-state index contributed by atoms with van der Waals surface area (Å²) in [5.41, 5.74) is 1.89. The fourth-order valence-electron chi connectivity index (χ4n) is 3.51. The SMILES string of the molecule is Cn1cc(-c2cn(C)c3ncc(C4(F)CCC(=O)CC4)cc23)cn1. The summed E-state index contributed by atoms with van der Waals surface area (Å²) in [5.74, 6) is 0.146. The normalized spacial score (nSPS) is 17.5. The highest BCUT2D eigenvalue weighted by atomic mass is 19.1. The van der Waals surface area contributed by atoms with Gasteiger partial charge in [0, 0.05) is 67.6 Å². The van der Waals surface area contributed by atoms with Gasteiger partial charge in [-0.3, -0.25) is 9.48 Å². The van der Waals surface area contributed by atoms with E-state index in [0.717, 1.165) is 22.2 Å². The molecule has 0 amide bonds. The second-order valence-electron chi connectivity index (χ2n) is 6.66. The molecule has 0 aromatic carbocycles. The van der Waals surface area contributed by atoms with E-state index >= 15 is 4.39 Å². The summed E-state index contributed by atoms with van der Waals surface area (Å²) < 4.78 is 19.0. The summed E-state index contributed by atoms with van der Waals surface area (Å²) in [6.45, 7) is 0. The molecule has 0 atom stereocenters. The van der Waals surface area contributed by atoms with Crippen molar-refractivity contribution in [3.05, 3.63) is 36.4 Å². The van der Waals surface area contributed by atoms with Gasteiger partial charge in [-0.25, -0.2) is 9.37 Å². The number of aryl methyl sites for hydroxylation is 2. The van der Waals surface area contributed by atoms with Crippen molar-refractivity contribution in [2.24, 2.45) is 14.1 Å². The molecule has 1 aliphatic rings. The third-order valence-corrected chi connectivity index (χ3v) is 4.95. The van der Waals surface area contributed by atoms with Crippen LogP contribution < -0.4 is 0 Å². The molecule has 1 saturated carbocycles. The Kier molecular flexibility index (Phi) is 3.30. The summed E-state index contributed by atoms with van der Waals surface area (Å²) in [5, 5.41) is 5.13. The number of rotatable bonds is 2. The van der Waals surface area contributed by atoms with Crippen LogP contribution in [0.15, 0.2) is 30.9 Å². The van der Waals surface area contributed by atoms with E-state index in [2.05, 4.69) is 10.1 Å². The minimum Gasteiger partial charge on any atom is -0.335 e. The molecule has 0 bridgehead atoms. The number of halogens is 1. The lowest BCUT2D eigenvalue weighted by Gasteiger charge is -2.29. The first-order chi connectivity index (χ1) is 11.5. The van der Waals surface area contributed by atoms with Crippen LogP contribution in [-0.4, -0.2) is 25.1 Å². The molecule has 0 radical (unpaired) electrons. The summed E-state index contributed by atoms with van der Waals surface area (Å²) in [4.78, 5) is 15.9. The number of nitrogens with zero attached hydrogens (tertiary/aromatic N) is 4.